The number of nitrogens with zero attached hydrogens (tertiary/aromatic N) is 4. The van der Waals surface area contributed by atoms with Gasteiger partial charge in [-0.2, -0.15) is 0 Å². The smallest absolute Gasteiger partial charge is 0.0799 e. The van der Waals surface area contributed by atoms with Gasteiger partial charge in [0.05, 0.1) is 5.28 Å². The Bertz CT molecular complexity index is 69.9. The lowest BCUT2D eigenvalue weighted by molar-refractivity contribution is 0.00996. The van der Waals surface area contributed by atoms with Crippen LogP contribution in [0.25, 0.3) is 0 Å². The summed E-state index contributed by atoms with van der Waals surface area (Å²) >= 11 is 0. The molecular weight excluding hydrogens is 86.0 g/mol. The largest absolute Gasteiger partial charge is 0.229 e. The molecule has 1 heterocycles. The van der Waals surface area contributed by atoms with Crippen molar-refractivity contribution in [3.8, 4) is 0 Å². The molecule has 1 aliphatic heterocycles. The van der Waals surface area contributed by atoms with Gasteiger partial charge in [0, 0.05) is 10.4 Å². The van der Waals surface area contributed by atoms with Crippen molar-refractivity contribution in [1.82, 2.24) is 5.59 Å². The molecule has 0 aromatic heterocycles. The quantitative estimate of drug-likeness (QED) is 0.457. The SMILES string of the molecule is N1=NNON=N1. The van der Waals surface area contributed by atoms with E-state index in [2.05, 4.69) is 25.9 Å². The zero-order chi connectivity index (χ0) is 4.24. The first kappa shape index (κ1) is 3.01. The third-order valence-corrected chi connectivity index (χ3v) is 0.244. The molecule has 6 nitrogen and oxygen atoms in total. The van der Waals surface area contributed by atoms with E-state index in [0.29, 0.717) is 0 Å². The zero-order valence-electron chi connectivity index (χ0n) is 2.70. The molecule has 0 saturated carbocycles. The van der Waals surface area contributed by atoms with E-state index in [9.17, 15) is 0 Å². The highest BCUT2D eigenvalue weighted by molar-refractivity contribution is 4.03. The molecule has 32 valence electrons. The van der Waals surface area contributed by atoms with Crippen LogP contribution >= 0.6 is 0 Å². The minimum atomic E-state index is 1.98. The van der Waals surface area contributed by atoms with Gasteiger partial charge in [-0.25, -0.2) is 4.94 Å². The highest BCUT2D eigenvalue weighted by Crippen LogP contribution is 1.82. The van der Waals surface area contributed by atoms with Crippen LogP contribution in [0.5, 0.6) is 0 Å². The van der Waals surface area contributed by atoms with Crippen molar-refractivity contribution in [2.75, 3.05) is 0 Å². The Morgan fingerprint density at radius 2 is 2.33 bits per heavy atom. The highest BCUT2D eigenvalue weighted by Gasteiger charge is 1.77. The maximum absolute atomic E-state index is 4.02. The number of rotatable bonds is 0. The van der Waals surface area contributed by atoms with Crippen molar-refractivity contribution < 1.29 is 4.94 Å². The third kappa shape index (κ3) is 0.394. The normalized spacial score (nSPS) is 16.0. The van der Waals surface area contributed by atoms with Crippen molar-refractivity contribution in [3.05, 3.63) is 0 Å². The number of nitrogens with one attached hydrogen (secondary N) is 1. The lowest BCUT2D eigenvalue weighted by Crippen LogP contribution is -2.00. The van der Waals surface area contributed by atoms with Gasteiger partial charge in [0.2, 0.25) is 0 Å². The lowest BCUT2D eigenvalue weighted by Gasteiger charge is -1.89. The van der Waals surface area contributed by atoms with Crippen LogP contribution in [0.4, 0.5) is 0 Å². The topological polar surface area (TPSA) is 70.7 Å². The van der Waals surface area contributed by atoms with Gasteiger partial charge in [-0.05, 0) is 5.22 Å². The first-order chi connectivity index (χ1) is 3.00. The maximum atomic E-state index is 4.02. The molecule has 0 aliphatic carbocycles. The Labute approximate surface area is 32.8 Å². The second-order valence-corrected chi connectivity index (χ2v) is 0.543. The maximum Gasteiger partial charge on any atom is 0.0799 e. The lowest BCUT2D eigenvalue weighted by atomic mass is 12.4. The van der Waals surface area contributed by atoms with E-state index in [1.54, 1.807) is 0 Å². The minimum absolute atomic E-state index is 1.98. The standard InChI is InChI=1S/HN5O/c1-2-4-6-5-3-1/h(H,1,4,5). The summed E-state index contributed by atoms with van der Waals surface area (Å²) in [6.45, 7) is 0. The zero-order valence-corrected chi connectivity index (χ0v) is 2.70. The first-order valence-electron chi connectivity index (χ1n) is 1.21. The summed E-state index contributed by atoms with van der Waals surface area (Å²) in [7, 11) is 0. The van der Waals surface area contributed by atoms with Crippen molar-refractivity contribution in [2.45, 2.75) is 0 Å². The van der Waals surface area contributed by atoms with Crippen molar-refractivity contribution in [3.63, 3.8) is 0 Å². The van der Waals surface area contributed by atoms with E-state index in [1.807, 2.05) is 5.59 Å². The summed E-state index contributed by atoms with van der Waals surface area (Å²) < 4.78 is 0. The van der Waals surface area contributed by atoms with Crippen LogP contribution in [-0.2, 0) is 4.94 Å². The molecule has 6 heavy (non-hydrogen) atoms. The van der Waals surface area contributed by atoms with Crippen LogP contribution in [0, 0.1) is 0 Å². The van der Waals surface area contributed by atoms with Gasteiger partial charge in [-0.15, -0.1) is 0 Å². The monoisotopic (exact) mass is 87.0 g/mol. The summed E-state index contributed by atoms with van der Waals surface area (Å²) in [5.41, 5.74) is 1.98. The summed E-state index contributed by atoms with van der Waals surface area (Å²) in [5, 5.41) is 12.0. The molecule has 0 aromatic rings. The average Bonchev–Trinajstić information content (AvgIpc) is 1.72. The summed E-state index contributed by atoms with van der Waals surface area (Å²) in [5.74, 6) is 0. The Hall–Kier alpha value is -1.20. The minimum Gasteiger partial charge on any atom is -0.229 e. The molecule has 0 radical (unpaired) electrons. The fourth-order valence-corrected chi connectivity index (χ4v) is 0.109. The molecule has 0 saturated heterocycles. The number of hydrogen-bond acceptors (Lipinski definition) is 6. The van der Waals surface area contributed by atoms with Gasteiger partial charge in [-0.3, -0.25) is 0 Å². The van der Waals surface area contributed by atoms with E-state index in [4.69, 9.17) is 0 Å². The molecule has 1 rings (SSSR count). The Morgan fingerprint density at radius 1 is 1.33 bits per heavy atom. The van der Waals surface area contributed by atoms with E-state index in [-0.39, 0.29) is 0 Å². The van der Waals surface area contributed by atoms with Crippen molar-refractivity contribution in [1.29, 1.82) is 0 Å². The average molecular weight is 87.0 g/mol. The molecule has 0 aromatic carbocycles. The third-order valence-electron chi connectivity index (χ3n) is 0.244. The number of hydrogen-bond donors (Lipinski definition) is 1. The van der Waals surface area contributed by atoms with Crippen molar-refractivity contribution >= 4 is 0 Å². The molecule has 0 spiro atoms. The molecule has 0 bridgehead atoms. The van der Waals surface area contributed by atoms with Crippen LogP contribution in [0.15, 0.2) is 20.9 Å². The van der Waals surface area contributed by atoms with Gasteiger partial charge in [0.1, 0.15) is 0 Å². The first-order valence-corrected chi connectivity index (χ1v) is 1.21. The Kier molecular flexibility index (Phi) is 0.648. The van der Waals surface area contributed by atoms with Gasteiger partial charge in [0.15, 0.2) is 0 Å². The van der Waals surface area contributed by atoms with Gasteiger partial charge < -0.3 is 0 Å². The second-order valence-electron chi connectivity index (χ2n) is 0.543. The van der Waals surface area contributed by atoms with E-state index in [0.717, 1.165) is 0 Å². The fraction of sp³-hybridized carbons (Fsp3) is 0. The fourth-order valence-electron chi connectivity index (χ4n) is 0.109. The summed E-state index contributed by atoms with van der Waals surface area (Å²) in [4.78, 5) is 4.02. The molecule has 6 heteroatoms. The van der Waals surface area contributed by atoms with E-state index in [1.165, 1.54) is 0 Å². The van der Waals surface area contributed by atoms with E-state index >= 15 is 0 Å². The second kappa shape index (κ2) is 1.29. The predicted octanol–water partition coefficient (Wildman–Crippen LogP) is 0.171. The Balaban J connectivity index is 2.46. The molecule has 0 atom stereocenters. The molecule has 1 aliphatic rings. The highest BCUT2D eigenvalue weighted by atomic mass is 16.8. The van der Waals surface area contributed by atoms with E-state index < -0.39 is 0 Å². The Morgan fingerprint density at radius 3 is 2.50 bits per heavy atom. The predicted molar refractivity (Wildman–Crippen MR) is 13.9 cm³/mol. The molecular formula is HN5O. The summed E-state index contributed by atoms with van der Waals surface area (Å²) in [6, 6.07) is 0. The van der Waals surface area contributed by atoms with Crippen LogP contribution in [-0.4, -0.2) is 0 Å². The van der Waals surface area contributed by atoms with Crippen LogP contribution in [0.2, 0.25) is 0 Å². The molecule has 0 unspecified atom stereocenters. The molecule has 0 amide bonds. The van der Waals surface area contributed by atoms with Crippen molar-refractivity contribution in [2.24, 2.45) is 20.9 Å². The molecule has 0 fully saturated rings. The van der Waals surface area contributed by atoms with Gasteiger partial charge in [-0.1, -0.05) is 5.59 Å². The van der Waals surface area contributed by atoms with Crippen LogP contribution in [0.3, 0.4) is 0 Å². The van der Waals surface area contributed by atoms with Gasteiger partial charge in [0.25, 0.3) is 0 Å². The summed E-state index contributed by atoms with van der Waals surface area (Å²) in [6.07, 6.45) is 0. The van der Waals surface area contributed by atoms with Crippen LogP contribution < -0.4 is 5.59 Å². The molecule has 1 N–H and O–H groups in total. The van der Waals surface area contributed by atoms with Crippen LogP contribution in [0.1, 0.15) is 0 Å². The van der Waals surface area contributed by atoms with Gasteiger partial charge >= 0.3 is 0 Å².